The molecular weight excluding hydrogens is 378 g/mol. The summed E-state index contributed by atoms with van der Waals surface area (Å²) in [7, 11) is 0. The molecule has 1 N–H and O–H groups in total. The highest BCUT2D eigenvalue weighted by Gasteiger charge is 2.16. The van der Waals surface area contributed by atoms with Crippen LogP contribution in [0.2, 0.25) is 0 Å². The van der Waals surface area contributed by atoms with Crippen molar-refractivity contribution in [3.63, 3.8) is 0 Å². The topological polar surface area (TPSA) is 29.5 Å². The normalized spacial score (nSPS) is 11.0. The number of aliphatic hydroxyl groups excluding tert-OH is 1. The van der Waals surface area contributed by atoms with E-state index in [1.165, 1.54) is 17.7 Å². The number of hydrogen-bond acceptors (Lipinski definition) is 3. The summed E-state index contributed by atoms with van der Waals surface area (Å²) in [5.41, 5.74) is 3.88. The van der Waals surface area contributed by atoms with E-state index in [1.807, 2.05) is 6.92 Å². The van der Waals surface area contributed by atoms with Gasteiger partial charge in [-0.3, -0.25) is 0 Å². The molecule has 0 aliphatic carbocycles. The molecule has 3 rings (SSSR count). The number of ether oxygens (including phenoxy) is 1. The average Bonchev–Trinajstić information content (AvgIpc) is 3.06. The maximum absolute atomic E-state index is 14.3. The smallest absolute Gasteiger partial charge is 0.191 e. The van der Waals surface area contributed by atoms with E-state index in [-0.39, 0.29) is 19.0 Å². The Kier molecular flexibility index (Phi) is 6.81. The van der Waals surface area contributed by atoms with E-state index < -0.39 is 11.6 Å². The molecule has 2 nitrogen and oxygen atoms in total. The van der Waals surface area contributed by atoms with Crippen molar-refractivity contribution in [1.82, 2.24) is 0 Å². The second-order valence-corrected chi connectivity index (χ2v) is 8.09. The number of aryl methyl sites for hydroxylation is 3. The van der Waals surface area contributed by atoms with E-state index in [9.17, 15) is 8.78 Å². The van der Waals surface area contributed by atoms with Crippen LogP contribution in [0.25, 0.3) is 11.1 Å². The summed E-state index contributed by atoms with van der Waals surface area (Å²) < 4.78 is 34.2. The second-order valence-electron chi connectivity index (χ2n) is 6.75. The molecule has 0 aliphatic heterocycles. The van der Waals surface area contributed by atoms with Gasteiger partial charge < -0.3 is 9.84 Å². The highest BCUT2D eigenvalue weighted by molar-refractivity contribution is 7.12. The first-order valence-electron chi connectivity index (χ1n) is 9.42. The van der Waals surface area contributed by atoms with Gasteiger partial charge in [0.15, 0.2) is 17.4 Å². The second kappa shape index (κ2) is 9.30. The molecule has 5 heteroatoms. The Bertz CT molecular complexity index is 909. The van der Waals surface area contributed by atoms with Crippen LogP contribution in [-0.2, 0) is 19.4 Å². The molecule has 0 aliphatic rings. The van der Waals surface area contributed by atoms with E-state index in [4.69, 9.17) is 9.84 Å². The zero-order chi connectivity index (χ0) is 20.1. The van der Waals surface area contributed by atoms with Crippen LogP contribution in [0.1, 0.15) is 34.2 Å². The third kappa shape index (κ3) is 4.78. The van der Waals surface area contributed by atoms with E-state index >= 15 is 0 Å². The van der Waals surface area contributed by atoms with Crippen LogP contribution in [0.5, 0.6) is 5.75 Å². The average molecular weight is 403 g/mol. The predicted molar refractivity (Wildman–Crippen MR) is 110 cm³/mol. The van der Waals surface area contributed by atoms with Crippen molar-refractivity contribution >= 4 is 11.3 Å². The molecule has 0 spiro atoms. The lowest BCUT2D eigenvalue weighted by atomic mass is 10.0. The van der Waals surface area contributed by atoms with Gasteiger partial charge in [0.05, 0.1) is 4.88 Å². The summed E-state index contributed by atoms with van der Waals surface area (Å²) in [4.78, 5) is 2.05. The van der Waals surface area contributed by atoms with Gasteiger partial charge in [-0.1, -0.05) is 31.2 Å². The Balaban J connectivity index is 1.80. The van der Waals surface area contributed by atoms with Gasteiger partial charge in [-0.25, -0.2) is 8.78 Å². The van der Waals surface area contributed by atoms with Crippen molar-refractivity contribution in [2.75, 3.05) is 6.61 Å². The summed E-state index contributed by atoms with van der Waals surface area (Å²) in [5.74, 6) is -1.78. The van der Waals surface area contributed by atoms with Crippen LogP contribution < -0.4 is 4.74 Å². The van der Waals surface area contributed by atoms with E-state index in [0.29, 0.717) is 18.4 Å². The van der Waals surface area contributed by atoms with E-state index in [1.54, 1.807) is 11.3 Å². The summed E-state index contributed by atoms with van der Waals surface area (Å²) in [6.07, 6.45) is 1.87. The Morgan fingerprint density at radius 2 is 1.68 bits per heavy atom. The van der Waals surface area contributed by atoms with Gasteiger partial charge in [-0.2, -0.15) is 0 Å². The Labute approximate surface area is 168 Å². The van der Waals surface area contributed by atoms with Gasteiger partial charge in [-0.05, 0) is 66.6 Å². The third-order valence-corrected chi connectivity index (χ3v) is 5.66. The van der Waals surface area contributed by atoms with Crippen molar-refractivity contribution in [3.8, 4) is 16.9 Å². The lowest BCUT2D eigenvalue weighted by Crippen LogP contribution is -2.01. The fourth-order valence-corrected chi connectivity index (χ4v) is 4.12. The molecule has 0 bridgehead atoms. The summed E-state index contributed by atoms with van der Waals surface area (Å²) in [6.45, 7) is 4.21. The van der Waals surface area contributed by atoms with Crippen LogP contribution >= 0.6 is 11.3 Å². The number of halogens is 2. The minimum Gasteiger partial charge on any atom is -0.482 e. The zero-order valence-corrected chi connectivity index (χ0v) is 16.9. The van der Waals surface area contributed by atoms with Crippen molar-refractivity contribution in [1.29, 1.82) is 0 Å². The van der Waals surface area contributed by atoms with Gasteiger partial charge in [0, 0.05) is 11.5 Å². The molecule has 0 saturated carbocycles. The first-order valence-corrected chi connectivity index (χ1v) is 10.2. The number of aliphatic hydroxyl groups is 1. The Morgan fingerprint density at radius 1 is 1.00 bits per heavy atom. The molecule has 0 saturated heterocycles. The molecule has 3 aromatic rings. The molecule has 1 aromatic heterocycles. The van der Waals surface area contributed by atoms with Crippen LogP contribution in [0, 0.1) is 18.6 Å². The molecule has 0 amide bonds. The standard InChI is InChI=1S/C23H24F2O2S/c1-3-16-6-8-18(9-7-16)19-11-15(2)28-22(19)14-27-23-20(24)12-17(5-4-10-26)13-21(23)25/h6-9,11-13,26H,3-5,10,14H2,1-2H3. The molecule has 2 aromatic carbocycles. The van der Waals surface area contributed by atoms with Gasteiger partial charge in [0.1, 0.15) is 6.61 Å². The van der Waals surface area contributed by atoms with Crippen LogP contribution in [0.3, 0.4) is 0 Å². The van der Waals surface area contributed by atoms with Crippen LogP contribution in [0.15, 0.2) is 42.5 Å². The SMILES string of the molecule is CCc1ccc(-c2cc(C)sc2COc2c(F)cc(CCCO)cc2F)cc1. The molecule has 0 fully saturated rings. The molecule has 0 atom stereocenters. The summed E-state index contributed by atoms with van der Waals surface area (Å²) in [5, 5.41) is 8.87. The van der Waals surface area contributed by atoms with E-state index in [0.717, 1.165) is 27.3 Å². The fraction of sp³-hybridized carbons (Fsp3) is 0.304. The third-order valence-electron chi connectivity index (χ3n) is 4.63. The van der Waals surface area contributed by atoms with Crippen molar-refractivity contribution in [2.45, 2.75) is 39.7 Å². The van der Waals surface area contributed by atoms with Gasteiger partial charge in [0.2, 0.25) is 0 Å². The summed E-state index contributed by atoms with van der Waals surface area (Å²) in [6, 6.07) is 13.0. The minimum atomic E-state index is -0.713. The largest absolute Gasteiger partial charge is 0.482 e. The molecule has 0 radical (unpaired) electrons. The van der Waals surface area contributed by atoms with Crippen molar-refractivity contribution < 1.29 is 18.6 Å². The number of rotatable bonds is 8. The predicted octanol–water partition coefficient (Wildman–Crippen LogP) is 6.07. The molecule has 28 heavy (non-hydrogen) atoms. The minimum absolute atomic E-state index is 0.0127. The van der Waals surface area contributed by atoms with E-state index in [2.05, 4.69) is 37.3 Å². The van der Waals surface area contributed by atoms with Crippen LogP contribution in [0.4, 0.5) is 8.78 Å². The number of hydrogen-bond donors (Lipinski definition) is 1. The maximum atomic E-state index is 14.3. The molecule has 0 unspecified atom stereocenters. The maximum Gasteiger partial charge on any atom is 0.191 e. The molecule has 1 heterocycles. The van der Waals surface area contributed by atoms with Gasteiger partial charge >= 0.3 is 0 Å². The van der Waals surface area contributed by atoms with Crippen molar-refractivity contribution in [3.05, 3.63) is 75.0 Å². The lowest BCUT2D eigenvalue weighted by Gasteiger charge is -2.11. The number of thiophene rings is 1. The zero-order valence-electron chi connectivity index (χ0n) is 16.1. The summed E-state index contributed by atoms with van der Waals surface area (Å²) >= 11 is 1.57. The van der Waals surface area contributed by atoms with Gasteiger partial charge in [-0.15, -0.1) is 11.3 Å². The Morgan fingerprint density at radius 3 is 2.29 bits per heavy atom. The van der Waals surface area contributed by atoms with Crippen LogP contribution in [-0.4, -0.2) is 11.7 Å². The quantitative estimate of drug-likeness (QED) is 0.496. The van der Waals surface area contributed by atoms with Crippen molar-refractivity contribution in [2.24, 2.45) is 0 Å². The highest BCUT2D eigenvalue weighted by atomic mass is 32.1. The fourth-order valence-electron chi connectivity index (χ4n) is 3.15. The first-order chi connectivity index (χ1) is 13.5. The molecule has 148 valence electrons. The monoisotopic (exact) mass is 402 g/mol. The molecular formula is C23H24F2O2S. The van der Waals surface area contributed by atoms with Gasteiger partial charge in [0.25, 0.3) is 0 Å². The number of benzene rings is 2. The Hall–Kier alpha value is -2.24. The lowest BCUT2D eigenvalue weighted by molar-refractivity contribution is 0.276. The highest BCUT2D eigenvalue weighted by Crippen LogP contribution is 2.33. The first kappa shape index (κ1) is 20.5.